The zero-order valence-corrected chi connectivity index (χ0v) is 12.1. The maximum atomic E-state index is 11.1. The number of carbonyl (C=O) groups is 2. The lowest BCUT2D eigenvalue weighted by atomic mass is 10.1. The number of esters is 2. The summed E-state index contributed by atoms with van der Waals surface area (Å²) in [6, 6.07) is 7.34. The van der Waals surface area contributed by atoms with Crippen LogP contribution < -0.4 is 0 Å². The number of hydrogen-bond donors (Lipinski definition) is 0. The van der Waals surface area contributed by atoms with Gasteiger partial charge in [-0.2, -0.15) is 0 Å². The van der Waals surface area contributed by atoms with Gasteiger partial charge in [-0.05, 0) is 24.6 Å². The Balaban J connectivity index is 2.97. The van der Waals surface area contributed by atoms with Gasteiger partial charge in [-0.15, -0.1) is 0 Å². The van der Waals surface area contributed by atoms with Crippen LogP contribution in [0.2, 0.25) is 0 Å². The number of benzene rings is 1. The molecule has 0 heterocycles. The van der Waals surface area contributed by atoms with E-state index in [0.29, 0.717) is 0 Å². The molecule has 18 heavy (non-hydrogen) atoms. The summed E-state index contributed by atoms with van der Waals surface area (Å²) >= 11 is 3.35. The molecule has 0 spiro atoms. The van der Waals surface area contributed by atoms with Crippen molar-refractivity contribution in [3.63, 3.8) is 0 Å². The SMILES string of the molecule is CC(=O)OC(C)C(OC(C)=O)c1cccc(Br)c1. The standard InChI is InChI=1S/C13H15BrO4/c1-8(17-9(2)15)13(18-10(3)16)11-5-4-6-12(14)7-11/h4-8,13H,1-3H3. The second-order valence-corrected chi connectivity index (χ2v) is 4.82. The minimum Gasteiger partial charge on any atom is -0.459 e. The van der Waals surface area contributed by atoms with E-state index in [1.54, 1.807) is 6.92 Å². The predicted molar refractivity (Wildman–Crippen MR) is 69.9 cm³/mol. The lowest BCUT2D eigenvalue weighted by Gasteiger charge is -2.23. The van der Waals surface area contributed by atoms with Crippen molar-refractivity contribution >= 4 is 27.9 Å². The Labute approximate surface area is 114 Å². The highest BCUT2D eigenvalue weighted by atomic mass is 79.9. The Hall–Kier alpha value is -1.36. The molecule has 0 aliphatic heterocycles. The van der Waals surface area contributed by atoms with Gasteiger partial charge in [0.1, 0.15) is 6.10 Å². The Bertz CT molecular complexity index is 444. The fraction of sp³-hybridized carbons (Fsp3) is 0.385. The second-order valence-electron chi connectivity index (χ2n) is 3.90. The van der Waals surface area contributed by atoms with Crippen LogP contribution in [0.3, 0.4) is 0 Å². The molecule has 0 fully saturated rings. The van der Waals surface area contributed by atoms with E-state index in [4.69, 9.17) is 9.47 Å². The maximum Gasteiger partial charge on any atom is 0.303 e. The van der Waals surface area contributed by atoms with Crippen molar-refractivity contribution in [2.24, 2.45) is 0 Å². The minimum atomic E-state index is -0.608. The average molecular weight is 315 g/mol. The highest BCUT2D eigenvalue weighted by Gasteiger charge is 2.24. The van der Waals surface area contributed by atoms with Crippen molar-refractivity contribution in [1.29, 1.82) is 0 Å². The van der Waals surface area contributed by atoms with Crippen molar-refractivity contribution < 1.29 is 19.1 Å². The first-order chi connectivity index (χ1) is 8.40. The van der Waals surface area contributed by atoms with Crippen LogP contribution in [0, 0.1) is 0 Å². The van der Waals surface area contributed by atoms with Gasteiger partial charge in [0.2, 0.25) is 0 Å². The van der Waals surface area contributed by atoms with Gasteiger partial charge in [-0.1, -0.05) is 28.1 Å². The molecule has 4 nitrogen and oxygen atoms in total. The minimum absolute atomic E-state index is 0.408. The molecule has 2 unspecified atom stereocenters. The fourth-order valence-corrected chi connectivity index (χ4v) is 2.04. The molecule has 0 aromatic heterocycles. The normalized spacial score (nSPS) is 13.6. The molecule has 0 aliphatic rings. The van der Waals surface area contributed by atoms with Crippen molar-refractivity contribution in [1.82, 2.24) is 0 Å². The molecule has 0 aliphatic carbocycles. The number of carbonyl (C=O) groups excluding carboxylic acids is 2. The molecule has 5 heteroatoms. The highest BCUT2D eigenvalue weighted by molar-refractivity contribution is 9.10. The van der Waals surface area contributed by atoms with Crippen LogP contribution in [-0.4, -0.2) is 18.0 Å². The van der Waals surface area contributed by atoms with Gasteiger partial charge in [0, 0.05) is 18.3 Å². The van der Waals surface area contributed by atoms with Crippen LogP contribution >= 0.6 is 15.9 Å². The molecule has 0 saturated heterocycles. The lowest BCUT2D eigenvalue weighted by Crippen LogP contribution is -2.25. The molecule has 1 aromatic rings. The number of ether oxygens (including phenoxy) is 2. The van der Waals surface area contributed by atoms with Crippen LogP contribution in [0.15, 0.2) is 28.7 Å². The quantitative estimate of drug-likeness (QED) is 0.802. The summed E-state index contributed by atoms with van der Waals surface area (Å²) in [5.41, 5.74) is 0.772. The largest absolute Gasteiger partial charge is 0.459 e. The molecule has 1 aromatic carbocycles. The topological polar surface area (TPSA) is 52.6 Å². The van der Waals surface area contributed by atoms with Crippen LogP contribution in [0.25, 0.3) is 0 Å². The summed E-state index contributed by atoms with van der Waals surface area (Å²) < 4.78 is 11.2. The molecule has 0 saturated carbocycles. The van der Waals surface area contributed by atoms with Crippen molar-refractivity contribution in [3.8, 4) is 0 Å². The lowest BCUT2D eigenvalue weighted by molar-refractivity contribution is -0.164. The molecule has 0 bridgehead atoms. The van der Waals surface area contributed by atoms with Crippen LogP contribution in [0.5, 0.6) is 0 Å². The Kier molecular flexibility index (Phi) is 5.34. The summed E-state index contributed by atoms with van der Waals surface area (Å²) in [5, 5.41) is 0. The summed E-state index contributed by atoms with van der Waals surface area (Å²) in [7, 11) is 0. The second kappa shape index (κ2) is 6.54. The number of hydrogen-bond acceptors (Lipinski definition) is 4. The van der Waals surface area contributed by atoms with Gasteiger partial charge in [0.05, 0.1) is 0 Å². The molecule has 1 rings (SSSR count). The van der Waals surface area contributed by atoms with E-state index in [0.717, 1.165) is 10.0 Å². The maximum absolute atomic E-state index is 11.1. The van der Waals surface area contributed by atoms with Gasteiger partial charge in [0.25, 0.3) is 0 Å². The van der Waals surface area contributed by atoms with E-state index in [1.165, 1.54) is 13.8 Å². The predicted octanol–water partition coefficient (Wildman–Crippen LogP) is 3.00. The van der Waals surface area contributed by atoms with Crippen molar-refractivity contribution in [3.05, 3.63) is 34.3 Å². The fourth-order valence-electron chi connectivity index (χ4n) is 1.62. The smallest absolute Gasteiger partial charge is 0.303 e. The van der Waals surface area contributed by atoms with E-state index >= 15 is 0 Å². The van der Waals surface area contributed by atoms with E-state index < -0.39 is 24.1 Å². The Morgan fingerprint density at radius 2 is 1.78 bits per heavy atom. The van der Waals surface area contributed by atoms with Gasteiger partial charge < -0.3 is 9.47 Å². The van der Waals surface area contributed by atoms with Gasteiger partial charge in [-0.25, -0.2) is 0 Å². The zero-order chi connectivity index (χ0) is 13.7. The van der Waals surface area contributed by atoms with E-state index in [2.05, 4.69) is 15.9 Å². The summed E-state index contributed by atoms with van der Waals surface area (Å²) in [5.74, 6) is -0.825. The molecule has 0 radical (unpaired) electrons. The molecule has 98 valence electrons. The highest BCUT2D eigenvalue weighted by Crippen LogP contribution is 2.26. The third kappa shape index (κ3) is 4.49. The number of halogens is 1. The molecule has 0 N–H and O–H groups in total. The molecular weight excluding hydrogens is 300 g/mol. The van der Waals surface area contributed by atoms with Crippen LogP contribution in [-0.2, 0) is 19.1 Å². The van der Waals surface area contributed by atoms with E-state index in [9.17, 15) is 9.59 Å². The zero-order valence-electron chi connectivity index (χ0n) is 10.5. The third-order valence-electron chi connectivity index (χ3n) is 2.25. The summed E-state index contributed by atoms with van der Waals surface area (Å²) in [6.07, 6.45) is -1.15. The van der Waals surface area contributed by atoms with Crippen molar-refractivity contribution in [2.75, 3.05) is 0 Å². The van der Waals surface area contributed by atoms with Gasteiger partial charge in [0.15, 0.2) is 6.10 Å². The number of rotatable bonds is 4. The van der Waals surface area contributed by atoms with Crippen molar-refractivity contribution in [2.45, 2.75) is 33.0 Å². The van der Waals surface area contributed by atoms with E-state index in [1.807, 2.05) is 24.3 Å². The molecular formula is C13H15BrO4. The van der Waals surface area contributed by atoms with E-state index in [-0.39, 0.29) is 0 Å². The first-order valence-corrected chi connectivity index (χ1v) is 6.29. The van der Waals surface area contributed by atoms with Gasteiger partial charge in [-0.3, -0.25) is 9.59 Å². The Morgan fingerprint density at radius 1 is 1.17 bits per heavy atom. The third-order valence-corrected chi connectivity index (χ3v) is 2.74. The summed E-state index contributed by atoms with van der Waals surface area (Å²) in [4.78, 5) is 22.1. The molecule has 0 amide bonds. The Morgan fingerprint density at radius 3 is 2.28 bits per heavy atom. The van der Waals surface area contributed by atoms with Crippen LogP contribution in [0.4, 0.5) is 0 Å². The summed E-state index contributed by atoms with van der Waals surface area (Å²) in [6.45, 7) is 4.34. The van der Waals surface area contributed by atoms with Crippen LogP contribution in [0.1, 0.15) is 32.4 Å². The van der Waals surface area contributed by atoms with Gasteiger partial charge >= 0.3 is 11.9 Å². The monoisotopic (exact) mass is 314 g/mol. The molecule has 2 atom stereocenters. The first kappa shape index (κ1) is 14.7. The average Bonchev–Trinajstić information content (AvgIpc) is 2.24. The first-order valence-electron chi connectivity index (χ1n) is 5.50.